The molecule has 1 unspecified atom stereocenters. The maximum absolute atomic E-state index is 6.04. The molecular formula is C16H23N3. The molecule has 2 N–H and O–H groups in total. The van der Waals surface area contributed by atoms with Gasteiger partial charge >= 0.3 is 0 Å². The summed E-state index contributed by atoms with van der Waals surface area (Å²) in [5, 5.41) is 4.35. The van der Waals surface area contributed by atoms with Gasteiger partial charge in [0.15, 0.2) is 0 Å². The van der Waals surface area contributed by atoms with Crippen molar-refractivity contribution in [1.82, 2.24) is 9.78 Å². The standard InChI is InChI=1S/C16H23N3/c1-11(2)9-14-5-7-15(8-6-14)13(4)19-16(17)12(3)10-18-19/h5-8,10-11,13H,9,17H2,1-4H3. The monoisotopic (exact) mass is 257 g/mol. The van der Waals surface area contributed by atoms with Gasteiger partial charge in [-0.05, 0) is 37.3 Å². The summed E-state index contributed by atoms with van der Waals surface area (Å²) in [5.41, 5.74) is 9.69. The Morgan fingerprint density at radius 3 is 2.26 bits per heavy atom. The molecule has 1 aromatic carbocycles. The first-order valence-electron chi connectivity index (χ1n) is 6.87. The predicted octanol–water partition coefficient (Wildman–Crippen LogP) is 3.58. The Morgan fingerprint density at radius 1 is 1.16 bits per heavy atom. The SMILES string of the molecule is Cc1cnn(C(C)c2ccc(CC(C)C)cc2)c1N. The fourth-order valence-electron chi connectivity index (χ4n) is 2.31. The minimum Gasteiger partial charge on any atom is -0.384 e. The van der Waals surface area contributed by atoms with E-state index in [1.807, 2.05) is 17.8 Å². The maximum atomic E-state index is 6.04. The Bertz CT molecular complexity index is 538. The molecule has 1 atom stereocenters. The van der Waals surface area contributed by atoms with Gasteiger partial charge in [0.05, 0.1) is 12.2 Å². The van der Waals surface area contributed by atoms with Crippen LogP contribution in [0.15, 0.2) is 30.5 Å². The Balaban J connectivity index is 2.20. The van der Waals surface area contributed by atoms with E-state index >= 15 is 0 Å². The van der Waals surface area contributed by atoms with Gasteiger partial charge in [-0.2, -0.15) is 5.10 Å². The summed E-state index contributed by atoms with van der Waals surface area (Å²) >= 11 is 0. The van der Waals surface area contributed by atoms with Crippen LogP contribution in [0.4, 0.5) is 5.82 Å². The third-order valence-electron chi connectivity index (χ3n) is 3.50. The number of aromatic nitrogens is 2. The molecule has 0 aliphatic carbocycles. The first kappa shape index (κ1) is 13.7. The lowest BCUT2D eigenvalue weighted by molar-refractivity contribution is 0.572. The van der Waals surface area contributed by atoms with Gasteiger partial charge in [-0.15, -0.1) is 0 Å². The summed E-state index contributed by atoms with van der Waals surface area (Å²) in [6.45, 7) is 8.59. The normalized spacial score (nSPS) is 12.9. The molecule has 3 heteroatoms. The van der Waals surface area contributed by atoms with E-state index in [0.29, 0.717) is 5.92 Å². The van der Waals surface area contributed by atoms with Crippen LogP contribution in [0.1, 0.15) is 43.5 Å². The number of anilines is 1. The van der Waals surface area contributed by atoms with Crippen LogP contribution >= 0.6 is 0 Å². The Labute approximate surface area is 115 Å². The van der Waals surface area contributed by atoms with Crippen molar-refractivity contribution >= 4 is 5.82 Å². The largest absolute Gasteiger partial charge is 0.384 e. The van der Waals surface area contributed by atoms with Gasteiger partial charge in [0, 0.05) is 5.56 Å². The highest BCUT2D eigenvalue weighted by molar-refractivity contribution is 5.39. The first-order chi connectivity index (χ1) is 8.99. The molecule has 19 heavy (non-hydrogen) atoms. The fourth-order valence-corrected chi connectivity index (χ4v) is 2.31. The molecule has 0 saturated carbocycles. The van der Waals surface area contributed by atoms with Crippen LogP contribution < -0.4 is 5.73 Å². The third-order valence-corrected chi connectivity index (χ3v) is 3.50. The van der Waals surface area contributed by atoms with Crippen molar-refractivity contribution in [1.29, 1.82) is 0 Å². The lowest BCUT2D eigenvalue weighted by atomic mass is 10.00. The van der Waals surface area contributed by atoms with E-state index < -0.39 is 0 Å². The van der Waals surface area contributed by atoms with Crippen molar-refractivity contribution in [2.75, 3.05) is 5.73 Å². The maximum Gasteiger partial charge on any atom is 0.125 e. The average Bonchev–Trinajstić information content (AvgIpc) is 2.69. The molecule has 0 fully saturated rings. The van der Waals surface area contributed by atoms with Crippen LogP contribution in [0.2, 0.25) is 0 Å². The molecule has 1 heterocycles. The smallest absolute Gasteiger partial charge is 0.125 e. The minimum atomic E-state index is 0.168. The van der Waals surface area contributed by atoms with Gasteiger partial charge in [0.1, 0.15) is 5.82 Å². The molecular weight excluding hydrogens is 234 g/mol. The Hall–Kier alpha value is -1.77. The minimum absolute atomic E-state index is 0.168. The number of benzene rings is 1. The topological polar surface area (TPSA) is 43.8 Å². The Kier molecular flexibility index (Phi) is 3.93. The second-order valence-electron chi connectivity index (χ2n) is 5.67. The quantitative estimate of drug-likeness (QED) is 0.909. The van der Waals surface area contributed by atoms with E-state index in [1.54, 1.807) is 0 Å². The van der Waals surface area contributed by atoms with E-state index in [0.717, 1.165) is 17.8 Å². The van der Waals surface area contributed by atoms with E-state index in [1.165, 1.54) is 11.1 Å². The fraction of sp³-hybridized carbons (Fsp3) is 0.438. The number of nitrogen functional groups attached to an aromatic ring is 1. The molecule has 3 nitrogen and oxygen atoms in total. The van der Waals surface area contributed by atoms with Crippen LogP contribution in [0, 0.1) is 12.8 Å². The van der Waals surface area contributed by atoms with Crippen molar-refractivity contribution in [3.05, 3.63) is 47.2 Å². The highest BCUT2D eigenvalue weighted by Crippen LogP contribution is 2.23. The summed E-state index contributed by atoms with van der Waals surface area (Å²) < 4.78 is 1.88. The van der Waals surface area contributed by atoms with E-state index in [4.69, 9.17) is 5.73 Å². The van der Waals surface area contributed by atoms with Crippen molar-refractivity contribution in [2.24, 2.45) is 5.92 Å². The zero-order valence-electron chi connectivity index (χ0n) is 12.2. The molecule has 102 valence electrons. The lowest BCUT2D eigenvalue weighted by Crippen LogP contribution is -2.11. The summed E-state index contributed by atoms with van der Waals surface area (Å²) in [6, 6.07) is 8.94. The molecule has 0 aliphatic heterocycles. The van der Waals surface area contributed by atoms with Crippen molar-refractivity contribution < 1.29 is 0 Å². The first-order valence-corrected chi connectivity index (χ1v) is 6.87. The molecule has 1 aromatic heterocycles. The molecule has 2 rings (SSSR count). The van der Waals surface area contributed by atoms with Crippen LogP contribution in [0.25, 0.3) is 0 Å². The van der Waals surface area contributed by atoms with Crippen molar-refractivity contribution in [3.63, 3.8) is 0 Å². The molecule has 0 aliphatic rings. The van der Waals surface area contributed by atoms with E-state index in [9.17, 15) is 0 Å². The summed E-state index contributed by atoms with van der Waals surface area (Å²) in [5.74, 6) is 1.44. The van der Waals surface area contributed by atoms with Crippen LogP contribution in [0.5, 0.6) is 0 Å². The van der Waals surface area contributed by atoms with Gasteiger partial charge in [-0.1, -0.05) is 38.1 Å². The van der Waals surface area contributed by atoms with Crippen molar-refractivity contribution in [2.45, 2.75) is 40.2 Å². The zero-order chi connectivity index (χ0) is 14.0. The second-order valence-corrected chi connectivity index (χ2v) is 5.67. The lowest BCUT2D eigenvalue weighted by Gasteiger charge is -2.15. The second kappa shape index (κ2) is 5.47. The Morgan fingerprint density at radius 2 is 1.79 bits per heavy atom. The number of nitrogens with zero attached hydrogens (tertiary/aromatic N) is 2. The molecule has 2 aromatic rings. The molecule has 0 radical (unpaired) electrons. The van der Waals surface area contributed by atoms with Gasteiger partial charge in [0.2, 0.25) is 0 Å². The predicted molar refractivity (Wildman–Crippen MR) is 80.2 cm³/mol. The molecule has 0 bridgehead atoms. The highest BCUT2D eigenvalue weighted by atomic mass is 15.3. The van der Waals surface area contributed by atoms with Gasteiger partial charge in [0.25, 0.3) is 0 Å². The van der Waals surface area contributed by atoms with Crippen LogP contribution in [-0.2, 0) is 6.42 Å². The van der Waals surface area contributed by atoms with E-state index in [2.05, 4.69) is 50.1 Å². The van der Waals surface area contributed by atoms with Gasteiger partial charge in [-0.3, -0.25) is 0 Å². The highest BCUT2D eigenvalue weighted by Gasteiger charge is 2.12. The van der Waals surface area contributed by atoms with Crippen LogP contribution in [-0.4, -0.2) is 9.78 Å². The molecule has 0 amide bonds. The van der Waals surface area contributed by atoms with E-state index in [-0.39, 0.29) is 6.04 Å². The average molecular weight is 257 g/mol. The molecule has 0 spiro atoms. The number of hydrogen-bond acceptors (Lipinski definition) is 2. The zero-order valence-corrected chi connectivity index (χ0v) is 12.2. The third kappa shape index (κ3) is 2.98. The number of aryl methyl sites for hydroxylation is 1. The number of nitrogens with two attached hydrogens (primary N) is 1. The number of rotatable bonds is 4. The summed E-state index contributed by atoms with van der Waals surface area (Å²) in [4.78, 5) is 0. The number of hydrogen-bond donors (Lipinski definition) is 1. The van der Waals surface area contributed by atoms with Gasteiger partial charge in [-0.25, -0.2) is 4.68 Å². The van der Waals surface area contributed by atoms with Crippen LogP contribution in [0.3, 0.4) is 0 Å². The summed E-state index contributed by atoms with van der Waals surface area (Å²) in [6.07, 6.45) is 2.94. The molecule has 0 saturated heterocycles. The van der Waals surface area contributed by atoms with Crippen molar-refractivity contribution in [3.8, 4) is 0 Å². The van der Waals surface area contributed by atoms with Gasteiger partial charge < -0.3 is 5.73 Å². The summed E-state index contributed by atoms with van der Waals surface area (Å²) in [7, 11) is 0.